The summed E-state index contributed by atoms with van der Waals surface area (Å²) in [5, 5.41) is 2.78. The topological polar surface area (TPSA) is 66.5 Å². The SMILES string of the molecule is C[C@@H](NC(=O)[C@@H]1CCCCN1S(C)(=O)=O)c1cccc(F)c1. The molecule has 1 fully saturated rings. The molecule has 122 valence electrons. The maximum absolute atomic E-state index is 13.2. The van der Waals surface area contributed by atoms with Crippen LogP contribution in [0.2, 0.25) is 0 Å². The third kappa shape index (κ3) is 4.04. The van der Waals surface area contributed by atoms with E-state index >= 15 is 0 Å². The highest BCUT2D eigenvalue weighted by molar-refractivity contribution is 7.88. The lowest BCUT2D eigenvalue weighted by molar-refractivity contribution is -0.126. The summed E-state index contributed by atoms with van der Waals surface area (Å²) in [7, 11) is -3.41. The van der Waals surface area contributed by atoms with Crippen molar-refractivity contribution in [3.8, 4) is 0 Å². The van der Waals surface area contributed by atoms with E-state index in [1.807, 2.05) is 0 Å². The highest BCUT2D eigenvalue weighted by atomic mass is 32.2. The van der Waals surface area contributed by atoms with Gasteiger partial charge in [0.05, 0.1) is 12.3 Å². The van der Waals surface area contributed by atoms with Crippen LogP contribution in [-0.2, 0) is 14.8 Å². The van der Waals surface area contributed by atoms with E-state index in [9.17, 15) is 17.6 Å². The molecule has 0 radical (unpaired) electrons. The fraction of sp³-hybridized carbons (Fsp3) is 0.533. The van der Waals surface area contributed by atoms with Crippen LogP contribution in [0.1, 0.15) is 37.8 Å². The van der Waals surface area contributed by atoms with E-state index in [4.69, 9.17) is 0 Å². The van der Waals surface area contributed by atoms with Gasteiger partial charge in [-0.15, -0.1) is 0 Å². The second-order valence-electron chi connectivity index (χ2n) is 5.67. The Bertz CT molecular complexity index is 648. The normalized spacial score (nSPS) is 21.3. The molecule has 0 aromatic heterocycles. The summed E-state index contributed by atoms with van der Waals surface area (Å²) in [5.41, 5.74) is 0.648. The summed E-state index contributed by atoms with van der Waals surface area (Å²) in [4.78, 5) is 12.4. The number of rotatable bonds is 4. The monoisotopic (exact) mass is 328 g/mol. The summed E-state index contributed by atoms with van der Waals surface area (Å²) >= 11 is 0. The molecule has 0 saturated carbocycles. The first kappa shape index (κ1) is 16.9. The van der Waals surface area contributed by atoms with Crippen molar-refractivity contribution < 1.29 is 17.6 Å². The highest BCUT2D eigenvalue weighted by Crippen LogP contribution is 2.21. The van der Waals surface area contributed by atoms with E-state index in [0.29, 0.717) is 18.5 Å². The van der Waals surface area contributed by atoms with Crippen LogP contribution in [0.25, 0.3) is 0 Å². The van der Waals surface area contributed by atoms with Gasteiger partial charge in [0.1, 0.15) is 11.9 Å². The smallest absolute Gasteiger partial charge is 0.238 e. The number of hydrogen-bond donors (Lipinski definition) is 1. The molecule has 1 aliphatic heterocycles. The summed E-state index contributed by atoms with van der Waals surface area (Å²) in [6.45, 7) is 2.12. The zero-order valence-corrected chi connectivity index (χ0v) is 13.6. The quantitative estimate of drug-likeness (QED) is 0.917. The van der Waals surface area contributed by atoms with E-state index in [1.54, 1.807) is 19.1 Å². The van der Waals surface area contributed by atoms with Gasteiger partial charge in [-0.05, 0) is 37.5 Å². The van der Waals surface area contributed by atoms with E-state index in [-0.39, 0.29) is 17.8 Å². The van der Waals surface area contributed by atoms with Crippen molar-refractivity contribution in [2.45, 2.75) is 38.3 Å². The number of piperidine rings is 1. The first-order valence-corrected chi connectivity index (χ1v) is 9.16. The molecule has 1 heterocycles. The Morgan fingerprint density at radius 3 is 2.77 bits per heavy atom. The minimum Gasteiger partial charge on any atom is -0.348 e. The molecule has 1 amide bonds. The number of benzene rings is 1. The van der Waals surface area contributed by atoms with Crippen LogP contribution < -0.4 is 5.32 Å². The molecule has 7 heteroatoms. The second kappa shape index (κ2) is 6.75. The number of carbonyl (C=O) groups excluding carboxylic acids is 1. The largest absolute Gasteiger partial charge is 0.348 e. The van der Waals surface area contributed by atoms with Crippen molar-refractivity contribution in [1.29, 1.82) is 0 Å². The molecule has 1 aromatic rings. The zero-order valence-electron chi connectivity index (χ0n) is 12.8. The number of carbonyl (C=O) groups is 1. The predicted molar refractivity (Wildman–Crippen MR) is 82.1 cm³/mol. The van der Waals surface area contributed by atoms with Crippen LogP contribution in [0.3, 0.4) is 0 Å². The zero-order chi connectivity index (χ0) is 16.3. The van der Waals surface area contributed by atoms with Gasteiger partial charge in [0.15, 0.2) is 0 Å². The van der Waals surface area contributed by atoms with Crippen LogP contribution >= 0.6 is 0 Å². The van der Waals surface area contributed by atoms with E-state index in [1.165, 1.54) is 16.4 Å². The van der Waals surface area contributed by atoms with Gasteiger partial charge >= 0.3 is 0 Å². The molecule has 1 N–H and O–H groups in total. The van der Waals surface area contributed by atoms with Gasteiger partial charge in [-0.2, -0.15) is 4.31 Å². The molecular weight excluding hydrogens is 307 g/mol. The van der Waals surface area contributed by atoms with Crippen molar-refractivity contribution in [2.24, 2.45) is 0 Å². The average Bonchev–Trinajstić information content (AvgIpc) is 2.46. The van der Waals surface area contributed by atoms with Crippen molar-refractivity contribution in [2.75, 3.05) is 12.8 Å². The molecule has 5 nitrogen and oxygen atoms in total. The molecule has 22 heavy (non-hydrogen) atoms. The van der Waals surface area contributed by atoms with E-state index in [2.05, 4.69) is 5.32 Å². The number of hydrogen-bond acceptors (Lipinski definition) is 3. The number of nitrogens with one attached hydrogen (secondary N) is 1. The molecule has 0 unspecified atom stereocenters. The van der Waals surface area contributed by atoms with E-state index < -0.39 is 16.1 Å². The van der Waals surface area contributed by atoms with Gasteiger partial charge in [0.25, 0.3) is 0 Å². The number of nitrogens with zero attached hydrogens (tertiary/aromatic N) is 1. The molecule has 0 aliphatic carbocycles. The molecule has 2 rings (SSSR count). The van der Waals surface area contributed by atoms with Crippen LogP contribution in [0, 0.1) is 5.82 Å². The Morgan fingerprint density at radius 2 is 2.14 bits per heavy atom. The number of halogens is 1. The lowest BCUT2D eigenvalue weighted by atomic mass is 10.0. The fourth-order valence-corrected chi connectivity index (χ4v) is 3.86. The summed E-state index contributed by atoms with van der Waals surface area (Å²) in [5.74, 6) is -0.698. The van der Waals surface area contributed by atoms with Crippen molar-refractivity contribution >= 4 is 15.9 Å². The minimum absolute atomic E-state index is 0.332. The van der Waals surface area contributed by atoms with Crippen molar-refractivity contribution in [1.82, 2.24) is 9.62 Å². The summed E-state index contributed by atoms with van der Waals surface area (Å²) in [6, 6.07) is 4.94. The third-order valence-corrected chi connectivity index (χ3v) is 5.18. The van der Waals surface area contributed by atoms with Crippen molar-refractivity contribution in [3.63, 3.8) is 0 Å². The van der Waals surface area contributed by atoms with Gasteiger partial charge in [-0.25, -0.2) is 12.8 Å². The van der Waals surface area contributed by atoms with Crippen LogP contribution in [0.5, 0.6) is 0 Å². The average molecular weight is 328 g/mol. The Balaban J connectivity index is 2.10. The van der Waals surface area contributed by atoms with Gasteiger partial charge in [0, 0.05) is 6.54 Å². The first-order chi connectivity index (χ1) is 10.3. The predicted octanol–water partition coefficient (Wildman–Crippen LogP) is 1.82. The number of sulfonamides is 1. The Morgan fingerprint density at radius 1 is 1.41 bits per heavy atom. The Labute approximate surface area is 130 Å². The van der Waals surface area contributed by atoms with Gasteiger partial charge in [-0.1, -0.05) is 18.6 Å². The molecular formula is C15H21FN2O3S. The Kier molecular flexibility index (Phi) is 5.18. The molecule has 1 saturated heterocycles. The second-order valence-corrected chi connectivity index (χ2v) is 7.61. The standard InChI is InChI=1S/C15H21FN2O3S/c1-11(12-6-5-7-13(16)10-12)17-15(19)14-8-3-4-9-18(14)22(2,20)21/h5-7,10-11,14H,3-4,8-9H2,1-2H3,(H,17,19)/t11-,14+/m1/s1. The maximum atomic E-state index is 13.2. The van der Waals surface area contributed by atoms with Gasteiger partial charge < -0.3 is 5.32 Å². The van der Waals surface area contributed by atoms with Crippen LogP contribution in [0.4, 0.5) is 4.39 Å². The Hall–Kier alpha value is -1.47. The van der Waals surface area contributed by atoms with Gasteiger partial charge in [0.2, 0.25) is 15.9 Å². The molecule has 0 spiro atoms. The van der Waals surface area contributed by atoms with Crippen molar-refractivity contribution in [3.05, 3.63) is 35.6 Å². The molecule has 1 aliphatic rings. The van der Waals surface area contributed by atoms with Crippen LogP contribution in [0.15, 0.2) is 24.3 Å². The maximum Gasteiger partial charge on any atom is 0.238 e. The lowest BCUT2D eigenvalue weighted by Gasteiger charge is -2.33. The molecule has 0 bridgehead atoms. The van der Waals surface area contributed by atoms with E-state index in [0.717, 1.165) is 19.1 Å². The fourth-order valence-electron chi connectivity index (χ4n) is 2.73. The summed E-state index contributed by atoms with van der Waals surface area (Å²) < 4.78 is 38.1. The number of amides is 1. The molecule has 1 aromatic carbocycles. The summed E-state index contributed by atoms with van der Waals surface area (Å²) in [6.07, 6.45) is 3.21. The first-order valence-electron chi connectivity index (χ1n) is 7.31. The van der Waals surface area contributed by atoms with Gasteiger partial charge in [-0.3, -0.25) is 4.79 Å². The third-order valence-electron chi connectivity index (χ3n) is 3.89. The highest BCUT2D eigenvalue weighted by Gasteiger charge is 2.34. The lowest BCUT2D eigenvalue weighted by Crippen LogP contribution is -2.51. The molecule has 2 atom stereocenters. The minimum atomic E-state index is -3.41. The van der Waals surface area contributed by atoms with Crippen LogP contribution in [-0.4, -0.2) is 37.5 Å².